The summed E-state index contributed by atoms with van der Waals surface area (Å²) in [5, 5.41) is 3.04. The molecule has 0 saturated heterocycles. The minimum absolute atomic E-state index is 0.0147. The Balaban J connectivity index is 1.96. The van der Waals surface area contributed by atoms with E-state index in [4.69, 9.17) is 18.9 Å². The lowest BCUT2D eigenvalue weighted by molar-refractivity contribution is -0.121. The quantitative estimate of drug-likeness (QED) is 0.608. The minimum atomic E-state index is -0.137. The topological polar surface area (TPSA) is 66.0 Å². The standard InChI is InChI=1S/C23H31NO5/c1-6-28-20-11-8-17(14-22(20)29-7-2)9-13-23(25)24-16(3)18-10-12-19(26-4)21(15-18)27-5/h8,10-12,14-16H,6-7,9,13H2,1-5H3,(H,24,25). The summed E-state index contributed by atoms with van der Waals surface area (Å²) in [4.78, 5) is 12.4. The zero-order valence-electron chi connectivity index (χ0n) is 17.9. The van der Waals surface area contributed by atoms with Gasteiger partial charge in [-0.05, 0) is 62.6 Å². The predicted octanol–water partition coefficient (Wildman–Crippen LogP) is 4.31. The van der Waals surface area contributed by atoms with Crippen molar-refractivity contribution in [1.82, 2.24) is 5.32 Å². The third-order valence-electron chi connectivity index (χ3n) is 4.53. The molecule has 2 rings (SSSR count). The second-order valence-corrected chi connectivity index (χ2v) is 6.55. The number of ether oxygens (including phenoxy) is 4. The van der Waals surface area contributed by atoms with Crippen LogP contribution < -0.4 is 24.3 Å². The van der Waals surface area contributed by atoms with E-state index in [9.17, 15) is 4.79 Å². The number of methoxy groups -OCH3 is 2. The number of rotatable bonds is 11. The molecule has 2 aromatic carbocycles. The number of carbonyl (C=O) groups is 1. The van der Waals surface area contributed by atoms with Crippen molar-refractivity contribution < 1.29 is 23.7 Å². The van der Waals surface area contributed by atoms with Crippen LogP contribution in [0, 0.1) is 0 Å². The molecule has 0 aliphatic carbocycles. The Morgan fingerprint density at radius 1 is 0.897 bits per heavy atom. The summed E-state index contributed by atoms with van der Waals surface area (Å²) in [7, 11) is 3.19. The number of aryl methyl sites for hydroxylation is 1. The summed E-state index contributed by atoms with van der Waals surface area (Å²) in [6, 6.07) is 11.3. The van der Waals surface area contributed by atoms with Gasteiger partial charge in [-0.15, -0.1) is 0 Å². The fourth-order valence-corrected chi connectivity index (χ4v) is 3.03. The van der Waals surface area contributed by atoms with E-state index in [0.29, 0.717) is 43.3 Å². The monoisotopic (exact) mass is 401 g/mol. The maximum atomic E-state index is 12.4. The maximum absolute atomic E-state index is 12.4. The lowest BCUT2D eigenvalue weighted by Gasteiger charge is -2.17. The lowest BCUT2D eigenvalue weighted by Crippen LogP contribution is -2.26. The van der Waals surface area contributed by atoms with Crippen LogP contribution in [0.2, 0.25) is 0 Å². The van der Waals surface area contributed by atoms with Crippen molar-refractivity contribution in [3.8, 4) is 23.0 Å². The Morgan fingerprint density at radius 2 is 1.55 bits per heavy atom. The van der Waals surface area contributed by atoms with Gasteiger partial charge >= 0.3 is 0 Å². The van der Waals surface area contributed by atoms with Crippen LogP contribution >= 0.6 is 0 Å². The number of hydrogen-bond donors (Lipinski definition) is 1. The van der Waals surface area contributed by atoms with Gasteiger partial charge in [0.2, 0.25) is 5.91 Å². The molecule has 0 aliphatic rings. The molecule has 0 radical (unpaired) electrons. The van der Waals surface area contributed by atoms with Crippen LogP contribution in [0.5, 0.6) is 23.0 Å². The van der Waals surface area contributed by atoms with Crippen LogP contribution in [0.3, 0.4) is 0 Å². The van der Waals surface area contributed by atoms with Crippen molar-refractivity contribution in [3.05, 3.63) is 47.5 Å². The van der Waals surface area contributed by atoms with E-state index in [1.165, 1.54) is 0 Å². The number of hydrogen-bond acceptors (Lipinski definition) is 5. The summed E-state index contributed by atoms with van der Waals surface area (Å²) in [6.07, 6.45) is 1.01. The van der Waals surface area contributed by atoms with Crippen LogP contribution in [0.25, 0.3) is 0 Å². The highest BCUT2D eigenvalue weighted by atomic mass is 16.5. The zero-order chi connectivity index (χ0) is 21.2. The van der Waals surface area contributed by atoms with Gasteiger partial charge < -0.3 is 24.3 Å². The molecule has 0 spiro atoms. The molecule has 1 atom stereocenters. The van der Waals surface area contributed by atoms with E-state index in [1.807, 2.05) is 57.2 Å². The largest absolute Gasteiger partial charge is 0.493 e. The van der Waals surface area contributed by atoms with Gasteiger partial charge in [-0.1, -0.05) is 12.1 Å². The summed E-state index contributed by atoms with van der Waals surface area (Å²) >= 11 is 0. The average Bonchev–Trinajstić information content (AvgIpc) is 2.73. The fourth-order valence-electron chi connectivity index (χ4n) is 3.03. The molecule has 1 amide bonds. The van der Waals surface area contributed by atoms with Crippen molar-refractivity contribution in [2.24, 2.45) is 0 Å². The van der Waals surface area contributed by atoms with E-state index in [1.54, 1.807) is 14.2 Å². The molecule has 0 aliphatic heterocycles. The Morgan fingerprint density at radius 3 is 2.21 bits per heavy atom. The molecule has 1 unspecified atom stereocenters. The van der Waals surface area contributed by atoms with Crippen molar-refractivity contribution in [3.63, 3.8) is 0 Å². The average molecular weight is 402 g/mol. The highest BCUT2D eigenvalue weighted by Crippen LogP contribution is 2.30. The molecule has 0 aromatic heterocycles. The first kappa shape index (κ1) is 22.4. The molecule has 0 bridgehead atoms. The first-order valence-corrected chi connectivity index (χ1v) is 9.92. The molecule has 29 heavy (non-hydrogen) atoms. The van der Waals surface area contributed by atoms with Crippen LogP contribution in [-0.4, -0.2) is 33.3 Å². The summed E-state index contributed by atoms with van der Waals surface area (Å²) in [5.41, 5.74) is 1.99. The first-order chi connectivity index (χ1) is 14.0. The van der Waals surface area contributed by atoms with E-state index < -0.39 is 0 Å². The van der Waals surface area contributed by atoms with E-state index in [0.717, 1.165) is 16.9 Å². The highest BCUT2D eigenvalue weighted by Gasteiger charge is 2.13. The van der Waals surface area contributed by atoms with Crippen molar-refractivity contribution in [1.29, 1.82) is 0 Å². The molecule has 6 nitrogen and oxygen atoms in total. The molecule has 158 valence electrons. The summed E-state index contributed by atoms with van der Waals surface area (Å²) in [5.74, 6) is 2.73. The van der Waals surface area contributed by atoms with Gasteiger partial charge in [-0.3, -0.25) is 4.79 Å². The molecule has 0 heterocycles. The lowest BCUT2D eigenvalue weighted by atomic mass is 10.1. The smallest absolute Gasteiger partial charge is 0.220 e. The van der Waals surface area contributed by atoms with Gasteiger partial charge in [0.25, 0.3) is 0 Å². The number of benzene rings is 2. The molecular formula is C23H31NO5. The molecule has 0 fully saturated rings. The molecule has 6 heteroatoms. The van der Waals surface area contributed by atoms with Crippen LogP contribution in [-0.2, 0) is 11.2 Å². The fraction of sp³-hybridized carbons (Fsp3) is 0.435. The summed E-state index contributed by atoms with van der Waals surface area (Å²) < 4.78 is 21.8. The van der Waals surface area contributed by atoms with Gasteiger partial charge in [0.1, 0.15) is 0 Å². The SMILES string of the molecule is CCOc1ccc(CCC(=O)NC(C)c2ccc(OC)c(OC)c2)cc1OCC. The van der Waals surface area contributed by atoms with Crippen molar-refractivity contribution >= 4 is 5.91 Å². The number of carbonyl (C=O) groups excluding carboxylic acids is 1. The Labute approximate surface area is 173 Å². The van der Waals surface area contributed by atoms with Crippen LogP contribution in [0.15, 0.2) is 36.4 Å². The van der Waals surface area contributed by atoms with Gasteiger partial charge in [0.05, 0.1) is 33.5 Å². The normalized spacial score (nSPS) is 11.5. The molecule has 1 N–H and O–H groups in total. The second kappa shape index (κ2) is 11.2. The highest BCUT2D eigenvalue weighted by molar-refractivity contribution is 5.76. The van der Waals surface area contributed by atoms with Crippen molar-refractivity contribution in [2.75, 3.05) is 27.4 Å². The molecular weight excluding hydrogens is 370 g/mol. The summed E-state index contributed by atoms with van der Waals surface area (Å²) in [6.45, 7) is 6.96. The maximum Gasteiger partial charge on any atom is 0.220 e. The molecule has 0 saturated carbocycles. The third-order valence-corrected chi connectivity index (χ3v) is 4.53. The Kier molecular flexibility index (Phi) is 8.65. The third kappa shape index (κ3) is 6.31. The van der Waals surface area contributed by atoms with E-state index in [2.05, 4.69) is 5.32 Å². The Bertz CT molecular complexity index is 806. The predicted molar refractivity (Wildman–Crippen MR) is 113 cm³/mol. The van der Waals surface area contributed by atoms with Crippen molar-refractivity contribution in [2.45, 2.75) is 39.7 Å². The van der Waals surface area contributed by atoms with Gasteiger partial charge in [-0.25, -0.2) is 0 Å². The van der Waals surface area contributed by atoms with Gasteiger partial charge in [-0.2, -0.15) is 0 Å². The van der Waals surface area contributed by atoms with Gasteiger partial charge in [0, 0.05) is 6.42 Å². The second-order valence-electron chi connectivity index (χ2n) is 6.55. The van der Waals surface area contributed by atoms with Crippen LogP contribution in [0.1, 0.15) is 44.4 Å². The number of nitrogens with one attached hydrogen (secondary N) is 1. The zero-order valence-corrected chi connectivity index (χ0v) is 17.9. The first-order valence-electron chi connectivity index (χ1n) is 9.92. The van der Waals surface area contributed by atoms with E-state index >= 15 is 0 Å². The van der Waals surface area contributed by atoms with E-state index in [-0.39, 0.29) is 11.9 Å². The van der Waals surface area contributed by atoms with Crippen LogP contribution in [0.4, 0.5) is 0 Å². The Hall–Kier alpha value is -2.89. The van der Waals surface area contributed by atoms with Gasteiger partial charge in [0.15, 0.2) is 23.0 Å². The molecule has 2 aromatic rings. The number of amides is 1. The minimum Gasteiger partial charge on any atom is -0.493 e.